The lowest BCUT2D eigenvalue weighted by molar-refractivity contribution is 0.194. The van der Waals surface area contributed by atoms with Gasteiger partial charge >= 0.3 is 0 Å². The quantitative estimate of drug-likeness (QED) is 0.216. The second-order valence-electron chi connectivity index (χ2n) is 7.68. The van der Waals surface area contributed by atoms with E-state index < -0.39 is 0 Å². The van der Waals surface area contributed by atoms with Gasteiger partial charge in [-0.05, 0) is 38.3 Å². The molecule has 0 radical (unpaired) electrons. The SMILES string of the molecule is COCCCNC(=NCc1nnc(C)n1C)NC1CCN(Cc2ccccn2)CC1.I. The predicted octanol–water partition coefficient (Wildman–Crippen LogP) is 1.87. The smallest absolute Gasteiger partial charge is 0.191 e. The first-order valence-electron chi connectivity index (χ1n) is 10.7. The summed E-state index contributed by atoms with van der Waals surface area (Å²) in [6, 6.07) is 6.50. The first-order chi connectivity index (χ1) is 14.7. The molecule has 1 fully saturated rings. The van der Waals surface area contributed by atoms with Crippen molar-refractivity contribution >= 4 is 29.9 Å². The normalized spacial score (nSPS) is 15.5. The van der Waals surface area contributed by atoms with E-state index in [-0.39, 0.29) is 24.0 Å². The van der Waals surface area contributed by atoms with E-state index in [1.165, 1.54) is 0 Å². The Morgan fingerprint density at radius 3 is 2.71 bits per heavy atom. The third-order valence-electron chi connectivity index (χ3n) is 5.42. The fourth-order valence-corrected chi connectivity index (χ4v) is 3.46. The molecule has 2 aromatic heterocycles. The predicted molar refractivity (Wildman–Crippen MR) is 132 cm³/mol. The van der Waals surface area contributed by atoms with E-state index in [2.05, 4.69) is 36.8 Å². The summed E-state index contributed by atoms with van der Waals surface area (Å²) in [5.41, 5.74) is 1.13. The summed E-state index contributed by atoms with van der Waals surface area (Å²) in [6.45, 7) is 7.00. The molecule has 1 saturated heterocycles. The number of aliphatic imine (C=N–C) groups is 1. The molecule has 3 heterocycles. The summed E-state index contributed by atoms with van der Waals surface area (Å²) >= 11 is 0. The number of pyridine rings is 1. The van der Waals surface area contributed by atoms with Crippen molar-refractivity contribution in [2.24, 2.45) is 12.0 Å². The molecule has 9 nitrogen and oxygen atoms in total. The third-order valence-corrected chi connectivity index (χ3v) is 5.42. The average Bonchev–Trinajstić information content (AvgIpc) is 3.09. The Morgan fingerprint density at radius 1 is 1.26 bits per heavy atom. The minimum atomic E-state index is 0. The van der Waals surface area contributed by atoms with Crippen molar-refractivity contribution in [3.8, 4) is 0 Å². The first kappa shape index (κ1) is 25.5. The first-order valence-corrected chi connectivity index (χ1v) is 10.7. The summed E-state index contributed by atoms with van der Waals surface area (Å²) < 4.78 is 7.12. The summed E-state index contributed by atoms with van der Waals surface area (Å²) in [7, 11) is 3.69. The third kappa shape index (κ3) is 8.34. The highest BCUT2D eigenvalue weighted by Crippen LogP contribution is 2.13. The zero-order chi connectivity index (χ0) is 21.2. The number of aromatic nitrogens is 4. The molecule has 10 heteroatoms. The van der Waals surface area contributed by atoms with Crippen molar-refractivity contribution in [1.82, 2.24) is 35.3 Å². The number of hydrogen-bond acceptors (Lipinski definition) is 6. The molecule has 2 N–H and O–H groups in total. The molecule has 0 saturated carbocycles. The fourth-order valence-electron chi connectivity index (χ4n) is 3.46. The van der Waals surface area contributed by atoms with Crippen LogP contribution in [0.2, 0.25) is 0 Å². The van der Waals surface area contributed by atoms with Crippen LogP contribution in [0, 0.1) is 6.92 Å². The molecule has 0 aliphatic carbocycles. The summed E-state index contributed by atoms with van der Waals surface area (Å²) in [5.74, 6) is 2.58. The molecule has 31 heavy (non-hydrogen) atoms. The van der Waals surface area contributed by atoms with Crippen molar-refractivity contribution in [2.45, 2.75) is 45.3 Å². The van der Waals surface area contributed by atoms with Gasteiger partial charge in [0.2, 0.25) is 0 Å². The maximum Gasteiger partial charge on any atom is 0.191 e. The number of nitrogens with one attached hydrogen (secondary N) is 2. The van der Waals surface area contributed by atoms with Crippen molar-refractivity contribution in [3.63, 3.8) is 0 Å². The number of hydrogen-bond donors (Lipinski definition) is 2. The van der Waals surface area contributed by atoms with Gasteiger partial charge < -0.3 is 19.9 Å². The molecule has 0 unspecified atom stereocenters. The minimum Gasteiger partial charge on any atom is -0.385 e. The van der Waals surface area contributed by atoms with Crippen molar-refractivity contribution in [1.29, 1.82) is 0 Å². The largest absolute Gasteiger partial charge is 0.385 e. The van der Waals surface area contributed by atoms with Gasteiger partial charge in [0, 0.05) is 59.2 Å². The lowest BCUT2D eigenvalue weighted by Crippen LogP contribution is -2.48. The second kappa shape index (κ2) is 13.6. The highest BCUT2D eigenvalue weighted by atomic mass is 127. The average molecular weight is 542 g/mol. The zero-order valence-electron chi connectivity index (χ0n) is 18.8. The minimum absolute atomic E-state index is 0. The molecule has 0 amide bonds. The number of likely N-dealkylation sites (tertiary alicyclic amines) is 1. The highest BCUT2D eigenvalue weighted by molar-refractivity contribution is 14.0. The standard InChI is InChI=1S/C21H34N8O.HI/c1-17-26-27-20(28(17)2)15-24-21(23-11-6-14-30-3)25-18-8-12-29(13-9-18)16-19-7-4-5-10-22-19;/h4-5,7,10,18H,6,8-9,11-16H2,1-3H3,(H2,23,24,25);1H. The van der Waals surface area contributed by atoms with E-state index in [1.807, 2.05) is 36.9 Å². The molecule has 1 aliphatic heterocycles. The number of methoxy groups -OCH3 is 1. The van der Waals surface area contributed by atoms with Crippen LogP contribution >= 0.6 is 24.0 Å². The van der Waals surface area contributed by atoms with Crippen LogP contribution in [-0.2, 0) is 24.9 Å². The molecule has 1 aliphatic rings. The van der Waals surface area contributed by atoms with E-state index in [0.29, 0.717) is 12.6 Å². The van der Waals surface area contributed by atoms with Crippen LogP contribution in [0.15, 0.2) is 29.4 Å². The number of halogens is 1. The Kier molecular flexibility index (Phi) is 11.2. The molecule has 0 spiro atoms. The highest BCUT2D eigenvalue weighted by Gasteiger charge is 2.20. The molecule has 172 valence electrons. The van der Waals surface area contributed by atoms with Gasteiger partial charge in [0.15, 0.2) is 11.8 Å². The van der Waals surface area contributed by atoms with E-state index in [4.69, 9.17) is 9.73 Å². The molecule has 0 atom stereocenters. The van der Waals surface area contributed by atoms with Crippen molar-refractivity contribution in [3.05, 3.63) is 41.7 Å². The van der Waals surface area contributed by atoms with Crippen LogP contribution in [0.1, 0.15) is 36.6 Å². The summed E-state index contributed by atoms with van der Waals surface area (Å²) in [5, 5.41) is 15.4. The zero-order valence-corrected chi connectivity index (χ0v) is 21.1. The molecule has 2 aromatic rings. The Morgan fingerprint density at radius 2 is 2.06 bits per heavy atom. The lowest BCUT2D eigenvalue weighted by Gasteiger charge is -2.33. The molecular formula is C21H35IN8O. The van der Waals surface area contributed by atoms with Gasteiger partial charge in [-0.1, -0.05) is 6.07 Å². The van der Waals surface area contributed by atoms with Gasteiger partial charge in [-0.15, -0.1) is 34.2 Å². The van der Waals surface area contributed by atoms with Gasteiger partial charge in [-0.2, -0.15) is 0 Å². The van der Waals surface area contributed by atoms with E-state index in [0.717, 1.165) is 75.4 Å². The maximum atomic E-state index is 5.15. The maximum absolute atomic E-state index is 5.15. The van der Waals surface area contributed by atoms with Gasteiger partial charge in [-0.25, -0.2) is 4.99 Å². The van der Waals surface area contributed by atoms with Crippen LogP contribution < -0.4 is 10.6 Å². The topological polar surface area (TPSA) is 92.5 Å². The van der Waals surface area contributed by atoms with Crippen LogP contribution in [0.3, 0.4) is 0 Å². The van der Waals surface area contributed by atoms with Gasteiger partial charge in [0.25, 0.3) is 0 Å². The van der Waals surface area contributed by atoms with Gasteiger partial charge in [0.05, 0.1) is 5.69 Å². The number of ether oxygens (including phenoxy) is 1. The number of aryl methyl sites for hydroxylation is 1. The lowest BCUT2D eigenvalue weighted by atomic mass is 10.0. The van der Waals surface area contributed by atoms with Gasteiger partial charge in [0.1, 0.15) is 12.4 Å². The number of guanidine groups is 1. The Bertz CT molecular complexity index is 790. The number of piperidine rings is 1. The van der Waals surface area contributed by atoms with Crippen LogP contribution in [0.5, 0.6) is 0 Å². The van der Waals surface area contributed by atoms with Crippen molar-refractivity contribution in [2.75, 3.05) is 33.4 Å². The van der Waals surface area contributed by atoms with Crippen LogP contribution in [0.25, 0.3) is 0 Å². The molecule has 3 rings (SSSR count). The van der Waals surface area contributed by atoms with Crippen molar-refractivity contribution < 1.29 is 4.74 Å². The van der Waals surface area contributed by atoms with E-state index in [9.17, 15) is 0 Å². The molecule has 0 bridgehead atoms. The van der Waals surface area contributed by atoms with Crippen LogP contribution in [0.4, 0.5) is 0 Å². The second-order valence-corrected chi connectivity index (χ2v) is 7.68. The van der Waals surface area contributed by atoms with E-state index >= 15 is 0 Å². The Balaban J connectivity index is 0.00000341. The number of nitrogens with zero attached hydrogens (tertiary/aromatic N) is 6. The van der Waals surface area contributed by atoms with Gasteiger partial charge in [-0.3, -0.25) is 9.88 Å². The van der Waals surface area contributed by atoms with Crippen LogP contribution in [-0.4, -0.2) is 70.0 Å². The summed E-state index contributed by atoms with van der Waals surface area (Å²) in [4.78, 5) is 11.7. The fraction of sp³-hybridized carbons (Fsp3) is 0.619. The number of rotatable bonds is 9. The molecular weight excluding hydrogens is 507 g/mol. The molecule has 0 aromatic carbocycles. The summed E-state index contributed by atoms with van der Waals surface area (Å²) in [6.07, 6.45) is 4.95. The Hall–Kier alpha value is -1.79. The Labute approximate surface area is 202 Å². The monoisotopic (exact) mass is 542 g/mol. The van der Waals surface area contributed by atoms with E-state index in [1.54, 1.807) is 7.11 Å².